The Kier molecular flexibility index (Phi) is 8.18. The third kappa shape index (κ3) is 5.74. The second-order valence-corrected chi connectivity index (χ2v) is 17.5. The average Bonchev–Trinajstić information content (AvgIpc) is 4.02. The lowest BCUT2D eigenvalue weighted by atomic mass is 9.98. The predicted molar refractivity (Wildman–Crippen MR) is 266 cm³/mol. The summed E-state index contributed by atoms with van der Waals surface area (Å²) in [6.07, 6.45) is 8.62. The lowest BCUT2D eigenvalue weighted by Gasteiger charge is -2.11. The molecule has 0 unspecified atom stereocenters. The molecule has 296 valence electrons. The molecule has 0 bridgehead atoms. The van der Waals surface area contributed by atoms with Gasteiger partial charge in [-0.15, -0.1) is 11.3 Å². The Morgan fingerprint density at radius 1 is 0.429 bits per heavy atom. The normalized spacial score (nSPS) is 13.0. The minimum absolute atomic E-state index is 0.769. The first-order chi connectivity index (χ1) is 31.2. The Hall–Kier alpha value is -7.86. The number of aromatic nitrogens is 4. The van der Waals surface area contributed by atoms with Gasteiger partial charge in [-0.25, -0.2) is 9.97 Å². The third-order valence-electron chi connectivity index (χ3n) is 12.8. The number of nitrogens with zero attached hydrogens (tertiary/aromatic N) is 4. The highest BCUT2D eigenvalue weighted by molar-refractivity contribution is 7.26. The average molecular weight is 823 g/mol. The van der Waals surface area contributed by atoms with Gasteiger partial charge < -0.3 is 9.13 Å². The van der Waals surface area contributed by atoms with Gasteiger partial charge in [0.2, 0.25) is 0 Å². The van der Waals surface area contributed by atoms with Crippen LogP contribution in [0.25, 0.3) is 115 Å². The van der Waals surface area contributed by atoms with Crippen LogP contribution in [0.2, 0.25) is 0 Å². The highest BCUT2D eigenvalue weighted by Crippen LogP contribution is 2.45. The smallest absolute Gasteiger partial charge is 0.160 e. The zero-order valence-electron chi connectivity index (χ0n) is 34.2. The van der Waals surface area contributed by atoms with E-state index in [4.69, 9.17) is 9.97 Å². The van der Waals surface area contributed by atoms with Gasteiger partial charge in [0, 0.05) is 48.6 Å². The summed E-state index contributed by atoms with van der Waals surface area (Å²) < 4.78 is 7.17. The summed E-state index contributed by atoms with van der Waals surface area (Å²) in [4.78, 5) is 10.6. The van der Waals surface area contributed by atoms with Gasteiger partial charge in [-0.1, -0.05) is 140 Å². The van der Waals surface area contributed by atoms with Crippen molar-refractivity contribution in [3.63, 3.8) is 0 Å². The van der Waals surface area contributed by atoms with Gasteiger partial charge in [-0.2, -0.15) is 0 Å². The van der Waals surface area contributed by atoms with E-state index in [0.717, 1.165) is 51.5 Å². The van der Waals surface area contributed by atoms with Crippen molar-refractivity contribution in [1.29, 1.82) is 0 Å². The van der Waals surface area contributed by atoms with E-state index >= 15 is 0 Å². The van der Waals surface area contributed by atoms with Gasteiger partial charge in [0.25, 0.3) is 0 Å². The third-order valence-corrected chi connectivity index (χ3v) is 14.0. The summed E-state index contributed by atoms with van der Waals surface area (Å²) in [6.45, 7) is 0. The van der Waals surface area contributed by atoms with Crippen molar-refractivity contribution in [1.82, 2.24) is 19.1 Å². The molecule has 4 aromatic heterocycles. The van der Waals surface area contributed by atoms with Gasteiger partial charge in [0.1, 0.15) is 0 Å². The summed E-state index contributed by atoms with van der Waals surface area (Å²) in [7, 11) is 0. The molecular weight excluding hydrogens is 785 g/mol. The molecule has 12 aromatic rings. The zero-order chi connectivity index (χ0) is 41.4. The van der Waals surface area contributed by atoms with E-state index in [0.29, 0.717) is 0 Å². The molecule has 0 fully saturated rings. The Morgan fingerprint density at radius 3 is 1.63 bits per heavy atom. The van der Waals surface area contributed by atoms with Gasteiger partial charge in [0.05, 0.1) is 38.0 Å². The first-order valence-electron chi connectivity index (χ1n) is 21.6. The Morgan fingerprint density at radius 2 is 0.984 bits per heavy atom. The van der Waals surface area contributed by atoms with Crippen LogP contribution in [-0.2, 0) is 0 Å². The molecular formula is C58H38N4S. The Balaban J connectivity index is 1.01. The fourth-order valence-electron chi connectivity index (χ4n) is 9.86. The Bertz CT molecular complexity index is 3830. The zero-order valence-corrected chi connectivity index (χ0v) is 35.1. The molecule has 0 saturated carbocycles. The molecule has 0 saturated heterocycles. The molecule has 13 rings (SSSR count). The molecule has 0 N–H and O–H groups in total. The molecule has 4 heterocycles. The largest absolute Gasteiger partial charge is 0.309 e. The van der Waals surface area contributed by atoms with Gasteiger partial charge in [0.15, 0.2) is 5.82 Å². The van der Waals surface area contributed by atoms with Gasteiger partial charge >= 0.3 is 0 Å². The van der Waals surface area contributed by atoms with Crippen LogP contribution in [0, 0.1) is 0 Å². The molecule has 0 atom stereocenters. The van der Waals surface area contributed by atoms with Crippen molar-refractivity contribution >= 4 is 80.8 Å². The first kappa shape index (κ1) is 35.9. The highest BCUT2D eigenvalue weighted by atomic mass is 32.1. The highest BCUT2D eigenvalue weighted by Gasteiger charge is 2.22. The van der Waals surface area contributed by atoms with Crippen LogP contribution in [-0.4, -0.2) is 19.1 Å². The maximum Gasteiger partial charge on any atom is 0.160 e. The number of hydrogen-bond donors (Lipinski definition) is 0. The minimum atomic E-state index is 0.769. The van der Waals surface area contributed by atoms with Crippen LogP contribution in [0.15, 0.2) is 206 Å². The number of para-hydroxylation sites is 3. The van der Waals surface area contributed by atoms with E-state index < -0.39 is 0 Å². The van der Waals surface area contributed by atoms with Crippen LogP contribution in [0.4, 0.5) is 0 Å². The van der Waals surface area contributed by atoms with E-state index in [2.05, 4.69) is 209 Å². The van der Waals surface area contributed by atoms with Crippen molar-refractivity contribution < 1.29 is 0 Å². The van der Waals surface area contributed by atoms with Crippen molar-refractivity contribution in [3.8, 4) is 45.0 Å². The number of fused-ring (bicyclic) bond motifs is 9. The van der Waals surface area contributed by atoms with Crippen LogP contribution < -0.4 is 0 Å². The Labute approximate surface area is 368 Å². The van der Waals surface area contributed by atoms with Crippen molar-refractivity contribution in [2.75, 3.05) is 0 Å². The quantitative estimate of drug-likeness (QED) is 0.167. The van der Waals surface area contributed by atoms with E-state index in [1.165, 1.54) is 81.5 Å². The topological polar surface area (TPSA) is 35.6 Å². The van der Waals surface area contributed by atoms with Gasteiger partial charge in [-0.05, 0) is 107 Å². The van der Waals surface area contributed by atoms with E-state index in [-0.39, 0.29) is 0 Å². The van der Waals surface area contributed by atoms with Crippen LogP contribution in [0.3, 0.4) is 0 Å². The molecule has 5 heteroatoms. The van der Waals surface area contributed by atoms with E-state index in [1.54, 1.807) is 0 Å². The second-order valence-electron chi connectivity index (χ2n) is 16.4. The molecule has 8 aromatic carbocycles. The molecule has 0 amide bonds. The van der Waals surface area contributed by atoms with Gasteiger partial charge in [-0.3, -0.25) is 0 Å². The number of thiophene rings is 1. The number of rotatable bonds is 6. The summed E-state index contributed by atoms with van der Waals surface area (Å²) >= 11 is 1.82. The lowest BCUT2D eigenvalue weighted by Crippen LogP contribution is -1.97. The van der Waals surface area contributed by atoms with Crippen LogP contribution >= 0.6 is 11.3 Å². The molecule has 0 aliphatic heterocycles. The molecule has 63 heavy (non-hydrogen) atoms. The maximum atomic E-state index is 5.29. The summed E-state index contributed by atoms with van der Waals surface area (Å²) in [5.74, 6) is 0.769. The summed E-state index contributed by atoms with van der Waals surface area (Å²) in [5, 5.41) is 6.11. The summed E-state index contributed by atoms with van der Waals surface area (Å²) in [6, 6.07) is 68.2. The molecule has 0 radical (unpaired) electrons. The molecule has 4 nitrogen and oxygen atoms in total. The summed E-state index contributed by atoms with van der Waals surface area (Å²) in [5.41, 5.74) is 16.2. The van der Waals surface area contributed by atoms with Crippen LogP contribution in [0.1, 0.15) is 18.5 Å². The number of benzene rings is 8. The fourth-order valence-corrected chi connectivity index (χ4v) is 11.2. The van der Waals surface area contributed by atoms with Crippen molar-refractivity contribution in [3.05, 3.63) is 212 Å². The van der Waals surface area contributed by atoms with Crippen molar-refractivity contribution in [2.24, 2.45) is 0 Å². The predicted octanol–water partition coefficient (Wildman–Crippen LogP) is 15.8. The maximum absolute atomic E-state index is 5.29. The van der Waals surface area contributed by atoms with Crippen molar-refractivity contribution in [2.45, 2.75) is 12.8 Å². The van der Waals surface area contributed by atoms with E-state index in [1.807, 2.05) is 17.4 Å². The van der Waals surface area contributed by atoms with Crippen LogP contribution in [0.5, 0.6) is 0 Å². The second kappa shape index (κ2) is 14.4. The monoisotopic (exact) mass is 822 g/mol. The lowest BCUT2D eigenvalue weighted by molar-refractivity contribution is 1.04. The standard InChI is InChI=1S/C58H38N4S/c1-5-16-37(17-6-1)54-57-55(60-58(59-54)38-18-7-2-8-19-38)46-26-15-25-44(56(46)63-57)41-30-33-53-49(36-41)48-35-40(29-32-52(48)62(53)43-22-11-4-12-23-43)39-28-31-51-47(34-39)45-24-13-14-27-50(45)61(51)42-20-9-3-10-21-42/h1-5,7-16,18-36H,6,17H2. The first-order valence-corrected chi connectivity index (χ1v) is 22.4. The molecule has 0 spiro atoms. The number of hydrogen-bond acceptors (Lipinski definition) is 3. The SMILES string of the molecule is C1=CCCC(c2nc(-c3ccccc3)nc3c2sc2c(-c4ccc5c(c4)c4cc(-c6ccc7c(c6)c6ccccc6n7-c6ccccc6)ccc4n5-c4ccccc4)cccc23)=C1. The molecule has 1 aliphatic rings. The minimum Gasteiger partial charge on any atom is -0.309 e. The van der Waals surface area contributed by atoms with E-state index in [9.17, 15) is 0 Å². The number of allylic oxidation sites excluding steroid dienone is 4. The fraction of sp³-hybridized carbons (Fsp3) is 0.0345. The molecule has 1 aliphatic carbocycles.